The van der Waals surface area contributed by atoms with Crippen molar-refractivity contribution in [1.82, 2.24) is 19.5 Å². The number of hydrogen-bond donors (Lipinski definition) is 2. The first kappa shape index (κ1) is 20.3. The van der Waals surface area contributed by atoms with Gasteiger partial charge in [-0.1, -0.05) is 22.9 Å². The van der Waals surface area contributed by atoms with Crippen LogP contribution in [0.3, 0.4) is 0 Å². The summed E-state index contributed by atoms with van der Waals surface area (Å²) in [6.07, 6.45) is 6.48. The van der Waals surface area contributed by atoms with Gasteiger partial charge in [0.2, 0.25) is 0 Å². The van der Waals surface area contributed by atoms with Crippen molar-refractivity contribution in [2.75, 3.05) is 17.7 Å². The number of aryl methyl sites for hydroxylation is 1. The molecule has 0 bridgehead atoms. The highest BCUT2D eigenvalue weighted by Gasteiger charge is 2.20. The number of amides is 2. The number of urea groups is 1. The van der Waals surface area contributed by atoms with E-state index in [9.17, 15) is 4.79 Å². The summed E-state index contributed by atoms with van der Waals surface area (Å²) in [6, 6.07) is 4.84. The molecule has 3 heterocycles. The fourth-order valence-corrected chi connectivity index (χ4v) is 4.16. The number of carbonyl (C=O) groups excluding carboxylic acids is 1. The second-order valence-electron chi connectivity index (χ2n) is 6.57. The summed E-state index contributed by atoms with van der Waals surface area (Å²) in [7, 11) is 1.61. The molecule has 0 spiro atoms. The average Bonchev–Trinajstić information content (AvgIpc) is 3.36. The Hall–Kier alpha value is -3.01. The van der Waals surface area contributed by atoms with Gasteiger partial charge in [-0.05, 0) is 32.0 Å². The van der Waals surface area contributed by atoms with Crippen molar-refractivity contribution in [3.63, 3.8) is 0 Å². The van der Waals surface area contributed by atoms with E-state index in [1.165, 1.54) is 11.3 Å². The molecular formula is C20H19ClN6O2S. The van der Waals surface area contributed by atoms with Gasteiger partial charge in [0.15, 0.2) is 0 Å². The van der Waals surface area contributed by atoms with Gasteiger partial charge in [-0.2, -0.15) is 0 Å². The number of ether oxygens (including phenoxy) is 1. The molecule has 8 nitrogen and oxygen atoms in total. The third-order valence-corrected chi connectivity index (χ3v) is 5.75. The molecule has 10 heteroatoms. The smallest absolute Gasteiger partial charge is 0.323 e. The summed E-state index contributed by atoms with van der Waals surface area (Å²) in [5.74, 6) is 0. The van der Waals surface area contributed by atoms with Crippen molar-refractivity contribution in [2.24, 2.45) is 0 Å². The standard InChI is InChI=1S/C20H19ClN6O2S/c1-11(29-3)17-15(9-23-19-18(17)24-12(2)30-19)26-20(28)25-13-4-5-16(14(21)8-13)27-7-6-22-10-27/h4-11H,1-3H3,(H2,25,26,28). The molecule has 1 aromatic carbocycles. The predicted molar refractivity (Wildman–Crippen MR) is 119 cm³/mol. The van der Waals surface area contributed by atoms with E-state index < -0.39 is 6.03 Å². The van der Waals surface area contributed by atoms with Crippen LogP contribution in [0.25, 0.3) is 16.0 Å². The summed E-state index contributed by atoms with van der Waals surface area (Å²) < 4.78 is 7.29. The maximum absolute atomic E-state index is 12.6. The molecule has 1 atom stereocenters. The first-order valence-corrected chi connectivity index (χ1v) is 10.3. The molecule has 2 amide bonds. The molecule has 154 valence electrons. The van der Waals surface area contributed by atoms with Crippen LogP contribution in [0.5, 0.6) is 0 Å². The number of imidazole rings is 1. The first-order chi connectivity index (χ1) is 14.5. The molecule has 0 saturated heterocycles. The zero-order valence-corrected chi connectivity index (χ0v) is 18.1. The second kappa shape index (κ2) is 8.39. The third kappa shape index (κ3) is 4.00. The number of fused-ring (bicyclic) bond motifs is 1. The largest absolute Gasteiger partial charge is 0.377 e. The molecule has 3 aromatic heterocycles. The lowest BCUT2D eigenvalue weighted by Crippen LogP contribution is -2.21. The number of pyridine rings is 1. The number of nitrogens with one attached hydrogen (secondary N) is 2. The number of rotatable bonds is 5. The van der Waals surface area contributed by atoms with Crippen molar-refractivity contribution >= 4 is 50.7 Å². The predicted octanol–water partition coefficient (Wildman–Crippen LogP) is 5.19. The minimum absolute atomic E-state index is 0.267. The van der Waals surface area contributed by atoms with E-state index in [1.807, 2.05) is 19.9 Å². The molecule has 0 aliphatic heterocycles. The van der Waals surface area contributed by atoms with E-state index in [0.717, 1.165) is 26.6 Å². The van der Waals surface area contributed by atoms with Crippen LogP contribution in [0.4, 0.5) is 16.2 Å². The summed E-state index contributed by atoms with van der Waals surface area (Å²) in [6.45, 7) is 3.83. The van der Waals surface area contributed by atoms with Crippen LogP contribution in [0, 0.1) is 6.92 Å². The number of hydrogen-bond acceptors (Lipinski definition) is 6. The highest BCUT2D eigenvalue weighted by atomic mass is 35.5. The lowest BCUT2D eigenvalue weighted by Gasteiger charge is -2.16. The van der Waals surface area contributed by atoms with Gasteiger partial charge in [0.25, 0.3) is 0 Å². The van der Waals surface area contributed by atoms with Gasteiger partial charge < -0.3 is 19.9 Å². The summed E-state index contributed by atoms with van der Waals surface area (Å²) in [5, 5.41) is 7.03. The number of nitrogens with zero attached hydrogens (tertiary/aromatic N) is 4. The Morgan fingerprint density at radius 3 is 2.87 bits per heavy atom. The van der Waals surface area contributed by atoms with Crippen LogP contribution in [-0.4, -0.2) is 32.7 Å². The zero-order chi connectivity index (χ0) is 21.3. The number of benzene rings is 1. The van der Waals surface area contributed by atoms with Crippen LogP contribution >= 0.6 is 22.9 Å². The monoisotopic (exact) mass is 442 g/mol. The normalized spacial score (nSPS) is 12.1. The molecule has 30 heavy (non-hydrogen) atoms. The minimum atomic E-state index is -0.417. The molecule has 0 saturated carbocycles. The fourth-order valence-electron chi connectivity index (χ4n) is 3.11. The minimum Gasteiger partial charge on any atom is -0.377 e. The third-order valence-electron chi connectivity index (χ3n) is 4.57. The van der Waals surface area contributed by atoms with E-state index >= 15 is 0 Å². The quantitative estimate of drug-likeness (QED) is 0.443. The summed E-state index contributed by atoms with van der Waals surface area (Å²) in [5.41, 5.74) is 3.39. The van der Waals surface area contributed by atoms with Crippen LogP contribution in [-0.2, 0) is 4.74 Å². The van der Waals surface area contributed by atoms with Crippen LogP contribution in [0.15, 0.2) is 43.1 Å². The number of halogens is 1. The van der Waals surface area contributed by atoms with Gasteiger partial charge in [0, 0.05) is 30.8 Å². The molecule has 4 aromatic rings. The van der Waals surface area contributed by atoms with Crippen molar-refractivity contribution in [1.29, 1.82) is 0 Å². The van der Waals surface area contributed by atoms with Crippen LogP contribution in [0.2, 0.25) is 5.02 Å². The number of methoxy groups -OCH3 is 1. The number of anilines is 2. The topological polar surface area (TPSA) is 94.0 Å². The Kier molecular flexibility index (Phi) is 5.67. The highest BCUT2D eigenvalue weighted by Crippen LogP contribution is 2.34. The Balaban J connectivity index is 1.57. The molecule has 0 aliphatic carbocycles. The Bertz CT molecular complexity index is 1210. The number of aromatic nitrogens is 4. The van der Waals surface area contributed by atoms with Crippen molar-refractivity contribution in [3.8, 4) is 5.69 Å². The van der Waals surface area contributed by atoms with E-state index in [-0.39, 0.29) is 6.10 Å². The molecule has 0 radical (unpaired) electrons. The van der Waals surface area contributed by atoms with E-state index in [1.54, 1.807) is 48.7 Å². The Labute approximate surface area is 181 Å². The van der Waals surface area contributed by atoms with Gasteiger partial charge in [-0.25, -0.2) is 19.7 Å². The Morgan fingerprint density at radius 1 is 1.33 bits per heavy atom. The Morgan fingerprint density at radius 2 is 2.17 bits per heavy atom. The summed E-state index contributed by atoms with van der Waals surface area (Å²) >= 11 is 7.86. The van der Waals surface area contributed by atoms with Crippen molar-refractivity contribution in [3.05, 3.63) is 58.7 Å². The zero-order valence-electron chi connectivity index (χ0n) is 16.5. The van der Waals surface area contributed by atoms with Gasteiger partial charge in [-0.3, -0.25) is 0 Å². The fraction of sp³-hybridized carbons (Fsp3) is 0.200. The molecule has 0 fully saturated rings. The molecule has 4 rings (SSSR count). The van der Waals surface area contributed by atoms with Crippen LogP contribution in [0.1, 0.15) is 23.6 Å². The van der Waals surface area contributed by atoms with Crippen LogP contribution < -0.4 is 10.6 Å². The average molecular weight is 443 g/mol. The van der Waals surface area contributed by atoms with Gasteiger partial charge in [0.1, 0.15) is 10.3 Å². The lowest BCUT2D eigenvalue weighted by atomic mass is 10.1. The van der Waals surface area contributed by atoms with Gasteiger partial charge >= 0.3 is 6.03 Å². The maximum Gasteiger partial charge on any atom is 0.323 e. The summed E-state index contributed by atoms with van der Waals surface area (Å²) in [4.78, 5) is 26.4. The van der Waals surface area contributed by atoms with Gasteiger partial charge in [0.05, 0.1) is 40.0 Å². The van der Waals surface area contributed by atoms with Crippen molar-refractivity contribution in [2.45, 2.75) is 20.0 Å². The van der Waals surface area contributed by atoms with E-state index in [2.05, 4.69) is 25.6 Å². The second-order valence-corrected chi connectivity index (χ2v) is 8.15. The number of carbonyl (C=O) groups is 1. The highest BCUT2D eigenvalue weighted by molar-refractivity contribution is 7.18. The lowest BCUT2D eigenvalue weighted by molar-refractivity contribution is 0.121. The molecule has 0 aliphatic rings. The SMILES string of the molecule is COC(C)c1c(NC(=O)Nc2ccc(-n3ccnc3)c(Cl)c2)cnc2sc(C)nc12. The first-order valence-electron chi connectivity index (χ1n) is 9.11. The van der Waals surface area contributed by atoms with E-state index in [4.69, 9.17) is 16.3 Å². The maximum atomic E-state index is 12.6. The van der Waals surface area contributed by atoms with Gasteiger partial charge in [-0.15, -0.1) is 0 Å². The molecule has 1 unspecified atom stereocenters. The molecule has 2 N–H and O–H groups in total. The van der Waals surface area contributed by atoms with E-state index in [0.29, 0.717) is 16.4 Å². The molecular weight excluding hydrogens is 424 g/mol. The van der Waals surface area contributed by atoms with Crippen molar-refractivity contribution < 1.29 is 9.53 Å². The number of thiazole rings is 1.